The fraction of sp³-hybridized carbons (Fsp3) is 0.412. The van der Waals surface area contributed by atoms with Crippen LogP contribution in [0.4, 0.5) is 5.69 Å². The molecule has 1 amide bonds. The third-order valence-electron chi connectivity index (χ3n) is 4.70. The number of nitrogens with two attached hydrogens (primary N) is 1. The topological polar surface area (TPSA) is 116 Å². The van der Waals surface area contributed by atoms with Gasteiger partial charge in [-0.1, -0.05) is 6.42 Å². The van der Waals surface area contributed by atoms with Gasteiger partial charge in [0, 0.05) is 37.0 Å². The average molecular weight is 343 g/mol. The molecule has 3 rings (SSSR count). The van der Waals surface area contributed by atoms with Gasteiger partial charge in [-0.3, -0.25) is 19.6 Å². The van der Waals surface area contributed by atoms with Crippen LogP contribution in [-0.2, 0) is 7.05 Å². The van der Waals surface area contributed by atoms with Crippen LogP contribution < -0.4 is 11.1 Å². The van der Waals surface area contributed by atoms with Gasteiger partial charge in [-0.05, 0) is 37.4 Å². The number of rotatable bonds is 5. The molecule has 3 N–H and O–H groups in total. The summed E-state index contributed by atoms with van der Waals surface area (Å²) in [5, 5.41) is 18.2. The summed E-state index contributed by atoms with van der Waals surface area (Å²) in [5.41, 5.74) is 7.42. The summed E-state index contributed by atoms with van der Waals surface area (Å²) in [5.74, 6) is 0.121. The molecule has 0 radical (unpaired) electrons. The highest BCUT2D eigenvalue weighted by atomic mass is 16.6. The predicted molar refractivity (Wildman–Crippen MR) is 92.9 cm³/mol. The maximum absolute atomic E-state index is 12.7. The second-order valence-corrected chi connectivity index (χ2v) is 6.38. The maximum atomic E-state index is 12.7. The molecule has 8 heteroatoms. The Labute approximate surface area is 145 Å². The molecular formula is C17H21N5O3. The van der Waals surface area contributed by atoms with Crippen molar-refractivity contribution >= 4 is 11.6 Å². The zero-order valence-electron chi connectivity index (χ0n) is 14.0. The van der Waals surface area contributed by atoms with Gasteiger partial charge in [-0.15, -0.1) is 0 Å². The van der Waals surface area contributed by atoms with Crippen LogP contribution in [0.25, 0.3) is 11.3 Å². The Morgan fingerprint density at radius 3 is 2.76 bits per heavy atom. The summed E-state index contributed by atoms with van der Waals surface area (Å²) in [6.45, 7) is 0.563. The Morgan fingerprint density at radius 2 is 2.12 bits per heavy atom. The van der Waals surface area contributed by atoms with E-state index in [9.17, 15) is 14.9 Å². The standard InChI is InChI=1S/C17H21N5O3/c1-21-10-14(17(23)19-15-4-2-3-12(15)9-18)16(20-21)11-5-7-13(8-6-11)22(24)25/h5-8,10,12,15H,2-4,9,18H2,1H3,(H,19,23). The maximum Gasteiger partial charge on any atom is 0.269 e. The fourth-order valence-electron chi connectivity index (χ4n) is 3.36. The van der Waals surface area contributed by atoms with Gasteiger partial charge in [-0.25, -0.2) is 0 Å². The molecule has 0 saturated heterocycles. The van der Waals surface area contributed by atoms with E-state index in [0.717, 1.165) is 19.3 Å². The van der Waals surface area contributed by atoms with Gasteiger partial charge < -0.3 is 11.1 Å². The van der Waals surface area contributed by atoms with E-state index in [2.05, 4.69) is 10.4 Å². The van der Waals surface area contributed by atoms with Crippen molar-refractivity contribution in [2.24, 2.45) is 18.7 Å². The van der Waals surface area contributed by atoms with Crippen molar-refractivity contribution in [3.05, 3.63) is 46.1 Å². The van der Waals surface area contributed by atoms with E-state index < -0.39 is 4.92 Å². The largest absolute Gasteiger partial charge is 0.349 e. The van der Waals surface area contributed by atoms with Crippen molar-refractivity contribution in [2.75, 3.05) is 6.54 Å². The Balaban J connectivity index is 1.85. The van der Waals surface area contributed by atoms with E-state index in [-0.39, 0.29) is 17.6 Å². The second-order valence-electron chi connectivity index (χ2n) is 6.38. The minimum Gasteiger partial charge on any atom is -0.349 e. The Morgan fingerprint density at radius 1 is 1.40 bits per heavy atom. The van der Waals surface area contributed by atoms with Gasteiger partial charge in [0.25, 0.3) is 11.6 Å². The van der Waals surface area contributed by atoms with Crippen molar-refractivity contribution < 1.29 is 9.72 Å². The number of non-ortho nitro benzene ring substituents is 1. The first kappa shape index (κ1) is 17.1. The molecule has 1 aliphatic rings. The minimum atomic E-state index is -0.455. The molecule has 0 spiro atoms. The molecule has 0 aliphatic heterocycles. The monoisotopic (exact) mass is 343 g/mol. The zero-order chi connectivity index (χ0) is 18.0. The molecule has 1 heterocycles. The van der Waals surface area contributed by atoms with E-state index in [4.69, 9.17) is 5.73 Å². The van der Waals surface area contributed by atoms with Gasteiger partial charge >= 0.3 is 0 Å². The smallest absolute Gasteiger partial charge is 0.269 e. The Kier molecular flexibility index (Phi) is 4.80. The quantitative estimate of drug-likeness (QED) is 0.635. The van der Waals surface area contributed by atoms with E-state index in [1.54, 1.807) is 30.1 Å². The lowest BCUT2D eigenvalue weighted by molar-refractivity contribution is -0.384. The first-order valence-corrected chi connectivity index (χ1v) is 8.29. The third kappa shape index (κ3) is 3.53. The first-order chi connectivity index (χ1) is 12.0. The highest BCUT2D eigenvalue weighted by molar-refractivity contribution is 6.00. The number of hydrogen-bond donors (Lipinski definition) is 2. The van der Waals surface area contributed by atoms with Crippen molar-refractivity contribution in [3.8, 4) is 11.3 Å². The van der Waals surface area contributed by atoms with Crippen molar-refractivity contribution in [1.29, 1.82) is 0 Å². The molecule has 1 aliphatic carbocycles. The van der Waals surface area contributed by atoms with E-state index in [1.807, 2.05) is 0 Å². The number of carbonyl (C=O) groups excluding carboxylic acids is 1. The molecule has 2 aromatic rings. The van der Waals surface area contributed by atoms with Crippen LogP contribution in [0.3, 0.4) is 0 Å². The summed E-state index contributed by atoms with van der Waals surface area (Å²) in [7, 11) is 1.74. The minimum absolute atomic E-state index is 0.00225. The number of hydrogen-bond acceptors (Lipinski definition) is 5. The first-order valence-electron chi connectivity index (χ1n) is 8.29. The van der Waals surface area contributed by atoms with Crippen LogP contribution in [0.2, 0.25) is 0 Å². The number of nitro groups is 1. The summed E-state index contributed by atoms with van der Waals surface area (Å²) >= 11 is 0. The highest BCUT2D eigenvalue weighted by Gasteiger charge is 2.29. The normalized spacial score (nSPS) is 19.8. The van der Waals surface area contributed by atoms with Crippen LogP contribution in [0.1, 0.15) is 29.6 Å². The van der Waals surface area contributed by atoms with Crippen molar-refractivity contribution in [3.63, 3.8) is 0 Å². The lowest BCUT2D eigenvalue weighted by atomic mass is 10.0. The number of carbonyl (C=O) groups is 1. The number of aromatic nitrogens is 2. The molecule has 0 bridgehead atoms. The van der Waals surface area contributed by atoms with Crippen LogP contribution in [0.5, 0.6) is 0 Å². The summed E-state index contributed by atoms with van der Waals surface area (Å²) in [4.78, 5) is 23.1. The lowest BCUT2D eigenvalue weighted by Gasteiger charge is -2.19. The summed E-state index contributed by atoms with van der Waals surface area (Å²) in [6.07, 6.45) is 4.69. The van der Waals surface area contributed by atoms with Crippen LogP contribution in [0, 0.1) is 16.0 Å². The molecule has 1 fully saturated rings. The fourth-order valence-corrected chi connectivity index (χ4v) is 3.36. The average Bonchev–Trinajstić information content (AvgIpc) is 3.21. The molecule has 1 aromatic carbocycles. The highest BCUT2D eigenvalue weighted by Crippen LogP contribution is 2.27. The third-order valence-corrected chi connectivity index (χ3v) is 4.70. The number of aryl methyl sites for hydroxylation is 1. The van der Waals surface area contributed by atoms with E-state index in [1.165, 1.54) is 12.1 Å². The number of nitro benzene ring substituents is 1. The zero-order valence-corrected chi connectivity index (χ0v) is 14.0. The van der Waals surface area contributed by atoms with Gasteiger partial charge in [-0.2, -0.15) is 5.10 Å². The van der Waals surface area contributed by atoms with Crippen LogP contribution >= 0.6 is 0 Å². The number of nitrogens with one attached hydrogen (secondary N) is 1. The molecule has 132 valence electrons. The molecule has 1 aromatic heterocycles. The van der Waals surface area contributed by atoms with E-state index in [0.29, 0.717) is 29.3 Å². The van der Waals surface area contributed by atoms with E-state index >= 15 is 0 Å². The van der Waals surface area contributed by atoms with Gasteiger partial charge in [0.1, 0.15) is 5.69 Å². The number of nitrogens with zero attached hydrogens (tertiary/aromatic N) is 3. The molecule has 2 unspecified atom stereocenters. The summed E-state index contributed by atoms with van der Waals surface area (Å²) < 4.78 is 1.57. The molecular weight excluding hydrogens is 322 g/mol. The molecule has 25 heavy (non-hydrogen) atoms. The SMILES string of the molecule is Cn1cc(C(=O)NC2CCCC2CN)c(-c2ccc([N+](=O)[O-])cc2)n1. The molecule has 1 saturated carbocycles. The molecule has 8 nitrogen and oxygen atoms in total. The van der Waals surface area contributed by atoms with Gasteiger partial charge in [0.2, 0.25) is 0 Å². The second kappa shape index (κ2) is 7.02. The number of amides is 1. The van der Waals surface area contributed by atoms with Crippen molar-refractivity contribution in [2.45, 2.75) is 25.3 Å². The van der Waals surface area contributed by atoms with Gasteiger partial charge in [0.05, 0.1) is 10.5 Å². The Bertz CT molecular complexity index is 784. The Hall–Kier alpha value is -2.74. The van der Waals surface area contributed by atoms with Crippen LogP contribution in [0.15, 0.2) is 30.5 Å². The van der Waals surface area contributed by atoms with Crippen molar-refractivity contribution in [1.82, 2.24) is 15.1 Å². The van der Waals surface area contributed by atoms with Crippen LogP contribution in [-0.4, -0.2) is 33.2 Å². The number of benzene rings is 1. The summed E-state index contributed by atoms with van der Waals surface area (Å²) in [6, 6.07) is 6.12. The predicted octanol–water partition coefficient (Wildman–Crippen LogP) is 1.85. The van der Waals surface area contributed by atoms with Gasteiger partial charge in [0.15, 0.2) is 0 Å². The lowest BCUT2D eigenvalue weighted by Crippen LogP contribution is -2.39. The molecule has 2 atom stereocenters.